The summed E-state index contributed by atoms with van der Waals surface area (Å²) in [5.74, 6) is -1.61. The first-order valence-corrected chi connectivity index (χ1v) is 8.84. The molecule has 2 aromatic rings. The molecule has 0 spiro atoms. The van der Waals surface area contributed by atoms with Crippen LogP contribution in [0.5, 0.6) is 0 Å². The third kappa shape index (κ3) is 3.26. The van der Waals surface area contributed by atoms with Gasteiger partial charge in [-0.3, -0.25) is 0 Å². The highest BCUT2D eigenvalue weighted by Gasteiger charge is 2.22. The number of ether oxygens (including phenoxy) is 1. The molecule has 0 aliphatic carbocycles. The molecule has 0 radical (unpaired) electrons. The van der Waals surface area contributed by atoms with Gasteiger partial charge in [-0.05, 0) is 31.4 Å². The van der Waals surface area contributed by atoms with Gasteiger partial charge in [0.1, 0.15) is 6.23 Å². The summed E-state index contributed by atoms with van der Waals surface area (Å²) in [5.41, 5.74) is 1.13. The van der Waals surface area contributed by atoms with Gasteiger partial charge in [0.2, 0.25) is 0 Å². The zero-order valence-corrected chi connectivity index (χ0v) is 14.0. The lowest BCUT2D eigenvalue weighted by molar-refractivity contribution is -0.0394. The van der Waals surface area contributed by atoms with Crippen LogP contribution in [-0.2, 0) is 4.74 Å². The molecule has 0 saturated carbocycles. The Bertz CT molecular complexity index is 737. The van der Waals surface area contributed by atoms with Gasteiger partial charge >= 0.3 is 0 Å². The minimum absolute atomic E-state index is 0.115. The minimum atomic E-state index is -0.819. The highest BCUT2D eigenvalue weighted by atomic mass is 19.2. The number of halogens is 2. The van der Waals surface area contributed by atoms with Crippen molar-refractivity contribution in [1.82, 2.24) is 15.1 Å². The molecule has 25 heavy (non-hydrogen) atoms. The van der Waals surface area contributed by atoms with Crippen molar-refractivity contribution >= 4 is 5.69 Å². The van der Waals surface area contributed by atoms with Crippen molar-refractivity contribution < 1.29 is 13.5 Å². The number of nitrogens with one attached hydrogen (secondary N) is 1. The van der Waals surface area contributed by atoms with E-state index < -0.39 is 11.6 Å². The van der Waals surface area contributed by atoms with Crippen molar-refractivity contribution in [2.45, 2.75) is 25.5 Å². The summed E-state index contributed by atoms with van der Waals surface area (Å²) < 4.78 is 36.7. The summed E-state index contributed by atoms with van der Waals surface area (Å²) in [5, 5.41) is 7.49. The third-order valence-corrected chi connectivity index (χ3v) is 4.88. The molecule has 4 rings (SSSR count). The van der Waals surface area contributed by atoms with E-state index in [0.717, 1.165) is 32.4 Å². The molecule has 2 saturated heterocycles. The predicted molar refractivity (Wildman–Crippen MR) is 91.5 cm³/mol. The van der Waals surface area contributed by atoms with E-state index in [1.807, 2.05) is 4.90 Å². The van der Waals surface area contributed by atoms with Crippen molar-refractivity contribution in [3.63, 3.8) is 0 Å². The molecule has 1 aromatic carbocycles. The minimum Gasteiger partial charge on any atom is -0.367 e. The van der Waals surface area contributed by atoms with Crippen LogP contribution in [0.1, 0.15) is 25.5 Å². The molecule has 2 fully saturated rings. The number of aromatic nitrogens is 2. The number of piperazine rings is 1. The molecule has 1 aromatic heterocycles. The van der Waals surface area contributed by atoms with E-state index in [9.17, 15) is 8.78 Å². The van der Waals surface area contributed by atoms with E-state index >= 15 is 0 Å². The molecule has 1 unspecified atom stereocenters. The van der Waals surface area contributed by atoms with E-state index in [1.54, 1.807) is 29.2 Å². The Balaban J connectivity index is 1.60. The second-order valence-electron chi connectivity index (χ2n) is 6.53. The van der Waals surface area contributed by atoms with Gasteiger partial charge in [0, 0.05) is 50.1 Å². The molecule has 7 heteroatoms. The van der Waals surface area contributed by atoms with Gasteiger partial charge in [-0.15, -0.1) is 0 Å². The Morgan fingerprint density at radius 3 is 2.72 bits per heavy atom. The number of nitrogens with zero attached hydrogens (tertiary/aromatic N) is 3. The van der Waals surface area contributed by atoms with Crippen LogP contribution in [0.3, 0.4) is 0 Å². The maximum absolute atomic E-state index is 14.7. The first kappa shape index (κ1) is 16.5. The fourth-order valence-corrected chi connectivity index (χ4v) is 3.48. The largest absolute Gasteiger partial charge is 0.367 e. The van der Waals surface area contributed by atoms with Gasteiger partial charge in [-0.2, -0.15) is 5.10 Å². The highest BCUT2D eigenvalue weighted by molar-refractivity contribution is 5.66. The van der Waals surface area contributed by atoms with Crippen LogP contribution in [0.15, 0.2) is 24.5 Å². The number of hydrogen-bond donors (Lipinski definition) is 1. The molecule has 1 atom stereocenters. The average Bonchev–Trinajstić information content (AvgIpc) is 3.15. The van der Waals surface area contributed by atoms with Crippen LogP contribution in [-0.4, -0.2) is 42.6 Å². The topological polar surface area (TPSA) is 42.3 Å². The van der Waals surface area contributed by atoms with E-state index in [0.29, 0.717) is 30.9 Å². The number of hydrogen-bond acceptors (Lipinski definition) is 4. The zero-order valence-electron chi connectivity index (χ0n) is 14.0. The molecule has 2 aliphatic heterocycles. The smallest absolute Gasteiger partial charge is 0.182 e. The summed E-state index contributed by atoms with van der Waals surface area (Å²) >= 11 is 0. The molecule has 1 N–H and O–H groups in total. The van der Waals surface area contributed by atoms with E-state index in [4.69, 9.17) is 4.74 Å². The lowest BCUT2D eigenvalue weighted by atomic mass is 10.1. The van der Waals surface area contributed by atoms with Crippen molar-refractivity contribution in [1.29, 1.82) is 0 Å². The summed E-state index contributed by atoms with van der Waals surface area (Å²) in [7, 11) is 0. The molecular weight excluding hydrogens is 326 g/mol. The molecule has 3 heterocycles. The lowest BCUT2D eigenvalue weighted by Crippen LogP contribution is -2.44. The van der Waals surface area contributed by atoms with Gasteiger partial charge in [-0.25, -0.2) is 13.5 Å². The summed E-state index contributed by atoms with van der Waals surface area (Å²) in [4.78, 5) is 1.87. The fourth-order valence-electron chi connectivity index (χ4n) is 3.48. The van der Waals surface area contributed by atoms with Crippen molar-refractivity contribution in [3.8, 4) is 11.1 Å². The number of rotatable bonds is 3. The van der Waals surface area contributed by atoms with E-state index in [2.05, 4.69) is 10.4 Å². The Labute approximate surface area is 145 Å². The second-order valence-corrected chi connectivity index (χ2v) is 6.53. The number of anilines is 1. The standard InChI is InChI=1S/C18H22F2N4O/c19-17-14(4-5-15(18(17)20)23-8-6-21-7-9-23)13-11-22-24(12-13)16-3-1-2-10-25-16/h4-5,11-12,16,21H,1-3,6-10H2. The molecule has 5 nitrogen and oxygen atoms in total. The molecule has 2 aliphatic rings. The summed E-state index contributed by atoms with van der Waals surface area (Å²) in [6.07, 6.45) is 6.22. The Hall–Kier alpha value is -1.99. The molecular formula is C18H22F2N4O. The molecule has 134 valence electrons. The quantitative estimate of drug-likeness (QED) is 0.926. The monoisotopic (exact) mass is 348 g/mol. The molecule has 0 bridgehead atoms. The van der Waals surface area contributed by atoms with E-state index in [-0.39, 0.29) is 11.8 Å². The van der Waals surface area contributed by atoms with Gasteiger partial charge < -0.3 is 15.0 Å². The zero-order chi connectivity index (χ0) is 17.2. The highest BCUT2D eigenvalue weighted by Crippen LogP contribution is 2.31. The predicted octanol–water partition coefficient (Wildman–Crippen LogP) is 2.94. The van der Waals surface area contributed by atoms with Crippen molar-refractivity contribution in [2.75, 3.05) is 37.7 Å². The average molecular weight is 348 g/mol. The Kier molecular flexibility index (Phi) is 4.67. The maximum Gasteiger partial charge on any atom is 0.182 e. The second kappa shape index (κ2) is 7.09. The van der Waals surface area contributed by atoms with Gasteiger partial charge in [0.05, 0.1) is 11.9 Å². The van der Waals surface area contributed by atoms with Crippen LogP contribution in [0.25, 0.3) is 11.1 Å². The third-order valence-electron chi connectivity index (χ3n) is 4.88. The normalized spacial score (nSPS) is 21.5. The van der Waals surface area contributed by atoms with Gasteiger partial charge in [0.15, 0.2) is 11.6 Å². The SMILES string of the molecule is Fc1c(-c2cnn(C3CCCCO3)c2)ccc(N2CCNCC2)c1F. The number of benzene rings is 1. The first-order valence-electron chi connectivity index (χ1n) is 8.84. The van der Waals surface area contributed by atoms with Gasteiger partial charge in [0.25, 0.3) is 0 Å². The summed E-state index contributed by atoms with van der Waals surface area (Å²) in [6, 6.07) is 3.30. The van der Waals surface area contributed by atoms with Crippen LogP contribution in [0, 0.1) is 11.6 Å². The summed E-state index contributed by atoms with van der Waals surface area (Å²) in [6.45, 7) is 3.61. The van der Waals surface area contributed by atoms with Crippen molar-refractivity contribution in [2.24, 2.45) is 0 Å². The maximum atomic E-state index is 14.7. The fraction of sp³-hybridized carbons (Fsp3) is 0.500. The van der Waals surface area contributed by atoms with Crippen LogP contribution in [0.4, 0.5) is 14.5 Å². The van der Waals surface area contributed by atoms with Gasteiger partial charge in [-0.1, -0.05) is 0 Å². The Morgan fingerprint density at radius 1 is 1.12 bits per heavy atom. The first-order chi connectivity index (χ1) is 12.2. The molecule has 0 amide bonds. The van der Waals surface area contributed by atoms with Crippen molar-refractivity contribution in [3.05, 3.63) is 36.2 Å². The lowest BCUT2D eigenvalue weighted by Gasteiger charge is -2.30. The van der Waals surface area contributed by atoms with Crippen LogP contribution >= 0.6 is 0 Å². The van der Waals surface area contributed by atoms with Crippen LogP contribution in [0.2, 0.25) is 0 Å². The van der Waals surface area contributed by atoms with E-state index in [1.165, 1.54) is 0 Å². The Morgan fingerprint density at radius 2 is 1.96 bits per heavy atom. The van der Waals surface area contributed by atoms with Crippen LogP contribution < -0.4 is 10.2 Å².